The summed E-state index contributed by atoms with van der Waals surface area (Å²) in [4.78, 5) is 24.0. The average Bonchev–Trinajstić information content (AvgIpc) is 2.78. The molecule has 2 N–H and O–H groups in total. The van der Waals surface area contributed by atoms with Crippen molar-refractivity contribution in [1.29, 1.82) is 0 Å². The first kappa shape index (κ1) is 21.0. The number of nitrogens with zero attached hydrogens (tertiary/aromatic N) is 1. The third-order valence-electron chi connectivity index (χ3n) is 4.50. The molecule has 0 bridgehead atoms. The Morgan fingerprint density at radius 2 is 1.73 bits per heavy atom. The summed E-state index contributed by atoms with van der Waals surface area (Å²) in [6.07, 6.45) is 3.04. The minimum absolute atomic E-state index is 0.373. The molecule has 0 spiro atoms. The number of hydrazone groups is 1. The van der Waals surface area contributed by atoms with Crippen LogP contribution in [0.2, 0.25) is 0 Å². The van der Waals surface area contributed by atoms with Gasteiger partial charge in [0, 0.05) is 12.1 Å². The molecule has 2 amide bonds. The van der Waals surface area contributed by atoms with Gasteiger partial charge in [0.1, 0.15) is 5.75 Å². The van der Waals surface area contributed by atoms with Crippen molar-refractivity contribution in [3.8, 4) is 5.75 Å². The van der Waals surface area contributed by atoms with Gasteiger partial charge in [-0.3, -0.25) is 9.59 Å². The molecule has 0 aliphatic carbocycles. The lowest BCUT2D eigenvalue weighted by Crippen LogP contribution is -2.38. The van der Waals surface area contributed by atoms with Crippen LogP contribution >= 0.6 is 0 Å². The summed E-state index contributed by atoms with van der Waals surface area (Å²) in [7, 11) is 0. The monoisotopic (exact) mass is 403 g/mol. The van der Waals surface area contributed by atoms with Crippen molar-refractivity contribution in [2.45, 2.75) is 19.8 Å². The van der Waals surface area contributed by atoms with Gasteiger partial charge in [-0.05, 0) is 35.2 Å². The summed E-state index contributed by atoms with van der Waals surface area (Å²) in [6.45, 7) is 2.99. The average molecular weight is 403 g/mol. The molecule has 0 radical (unpaired) electrons. The Morgan fingerprint density at radius 3 is 2.53 bits per heavy atom. The molecule has 0 aromatic heterocycles. The highest BCUT2D eigenvalue weighted by molar-refractivity contribution is 6.35. The summed E-state index contributed by atoms with van der Waals surface area (Å²) in [6, 6.07) is 21.5. The highest BCUT2D eigenvalue weighted by Crippen LogP contribution is 2.26. The molecule has 0 aliphatic heterocycles. The number of hydrogen-bond acceptors (Lipinski definition) is 4. The van der Waals surface area contributed by atoms with Crippen molar-refractivity contribution in [2.75, 3.05) is 13.2 Å². The number of ether oxygens (including phenoxy) is 1. The summed E-state index contributed by atoms with van der Waals surface area (Å²) in [5.74, 6) is -0.847. The first-order chi connectivity index (χ1) is 14.7. The van der Waals surface area contributed by atoms with Gasteiger partial charge in [-0.2, -0.15) is 5.10 Å². The maximum absolute atomic E-state index is 12.0. The maximum Gasteiger partial charge on any atom is 0.329 e. The van der Waals surface area contributed by atoms with Gasteiger partial charge in [-0.1, -0.05) is 67.6 Å². The lowest BCUT2D eigenvalue weighted by atomic mass is 10.0. The van der Waals surface area contributed by atoms with E-state index in [1.807, 2.05) is 73.7 Å². The van der Waals surface area contributed by atoms with Crippen molar-refractivity contribution in [3.05, 3.63) is 77.9 Å². The summed E-state index contributed by atoms with van der Waals surface area (Å²) < 4.78 is 5.81. The fraction of sp³-hybridized carbons (Fsp3) is 0.208. The predicted molar refractivity (Wildman–Crippen MR) is 119 cm³/mol. The van der Waals surface area contributed by atoms with Crippen LogP contribution in [0.15, 0.2) is 71.8 Å². The molecule has 0 fully saturated rings. The molecule has 3 rings (SSSR count). The predicted octanol–water partition coefficient (Wildman–Crippen LogP) is 3.44. The second-order valence-electron chi connectivity index (χ2n) is 6.74. The van der Waals surface area contributed by atoms with Crippen LogP contribution in [0.25, 0.3) is 10.8 Å². The Hall–Kier alpha value is -3.67. The van der Waals surface area contributed by atoms with Gasteiger partial charge >= 0.3 is 11.8 Å². The topological polar surface area (TPSA) is 79.8 Å². The lowest BCUT2D eigenvalue weighted by molar-refractivity contribution is -0.139. The van der Waals surface area contributed by atoms with Crippen LogP contribution in [-0.2, 0) is 16.0 Å². The quantitative estimate of drug-likeness (QED) is 0.344. The number of carbonyl (C=O) groups excluding carboxylic acids is 2. The molecule has 6 heteroatoms. The van der Waals surface area contributed by atoms with E-state index < -0.39 is 11.8 Å². The molecule has 30 heavy (non-hydrogen) atoms. The standard InChI is InChI=1S/C24H25N3O3/c1-2-16-30-22-13-12-19-10-6-7-11-20(19)21(22)17-26-27-24(29)23(28)25-15-14-18-8-4-3-5-9-18/h3-13,17H,2,14-16H2,1H3,(H,25,28)(H,27,29)/b26-17-. The number of carbonyl (C=O) groups is 2. The second kappa shape index (κ2) is 10.8. The Morgan fingerprint density at radius 1 is 0.967 bits per heavy atom. The maximum atomic E-state index is 12.0. The summed E-state index contributed by atoms with van der Waals surface area (Å²) in [5, 5.41) is 8.57. The van der Waals surface area contributed by atoms with E-state index in [4.69, 9.17) is 4.74 Å². The van der Waals surface area contributed by atoms with Crippen molar-refractivity contribution >= 4 is 28.8 Å². The molecule has 6 nitrogen and oxygen atoms in total. The van der Waals surface area contributed by atoms with Crippen LogP contribution < -0.4 is 15.5 Å². The zero-order valence-corrected chi connectivity index (χ0v) is 16.9. The second-order valence-corrected chi connectivity index (χ2v) is 6.74. The SMILES string of the molecule is CCCOc1ccc2ccccc2c1/C=N\NC(=O)C(=O)NCCc1ccccc1. The smallest absolute Gasteiger partial charge is 0.329 e. The van der Waals surface area contributed by atoms with Crippen molar-refractivity contribution < 1.29 is 14.3 Å². The van der Waals surface area contributed by atoms with E-state index in [-0.39, 0.29) is 0 Å². The van der Waals surface area contributed by atoms with E-state index in [0.29, 0.717) is 25.3 Å². The molecule has 0 aliphatic rings. The largest absolute Gasteiger partial charge is 0.493 e. The minimum Gasteiger partial charge on any atom is -0.493 e. The first-order valence-electron chi connectivity index (χ1n) is 9.98. The molecular weight excluding hydrogens is 378 g/mol. The van der Waals surface area contributed by atoms with E-state index in [2.05, 4.69) is 15.8 Å². The molecule has 0 saturated heterocycles. The van der Waals surface area contributed by atoms with Gasteiger partial charge in [0.25, 0.3) is 0 Å². The molecule has 0 heterocycles. The van der Waals surface area contributed by atoms with Crippen LogP contribution in [0.3, 0.4) is 0 Å². The van der Waals surface area contributed by atoms with E-state index in [1.54, 1.807) is 0 Å². The van der Waals surface area contributed by atoms with E-state index >= 15 is 0 Å². The molecule has 3 aromatic carbocycles. The normalized spacial score (nSPS) is 10.8. The van der Waals surface area contributed by atoms with Gasteiger partial charge in [0.2, 0.25) is 0 Å². The van der Waals surface area contributed by atoms with Crippen LogP contribution in [-0.4, -0.2) is 31.2 Å². The number of benzene rings is 3. The minimum atomic E-state index is -0.810. The third-order valence-corrected chi connectivity index (χ3v) is 4.50. The Balaban J connectivity index is 1.61. The van der Waals surface area contributed by atoms with Crippen molar-refractivity contribution in [1.82, 2.24) is 10.7 Å². The van der Waals surface area contributed by atoms with E-state index in [0.717, 1.165) is 28.3 Å². The van der Waals surface area contributed by atoms with E-state index in [9.17, 15) is 9.59 Å². The molecular formula is C24H25N3O3. The van der Waals surface area contributed by atoms with Crippen molar-refractivity contribution in [3.63, 3.8) is 0 Å². The van der Waals surface area contributed by atoms with E-state index in [1.165, 1.54) is 6.21 Å². The number of amides is 2. The van der Waals surface area contributed by atoms with Crippen LogP contribution in [0, 0.1) is 0 Å². The lowest BCUT2D eigenvalue weighted by Gasteiger charge is -2.11. The number of hydrogen-bond donors (Lipinski definition) is 2. The van der Waals surface area contributed by atoms with Gasteiger partial charge in [-0.25, -0.2) is 5.43 Å². The van der Waals surface area contributed by atoms with Crippen LogP contribution in [0.4, 0.5) is 0 Å². The molecule has 0 saturated carbocycles. The van der Waals surface area contributed by atoms with Crippen molar-refractivity contribution in [2.24, 2.45) is 5.10 Å². The zero-order valence-electron chi connectivity index (χ0n) is 16.9. The number of nitrogens with one attached hydrogen (secondary N) is 2. The van der Waals surface area contributed by atoms with Gasteiger partial charge < -0.3 is 10.1 Å². The fourth-order valence-electron chi connectivity index (χ4n) is 3.00. The highest BCUT2D eigenvalue weighted by Gasteiger charge is 2.12. The zero-order chi connectivity index (χ0) is 21.2. The third kappa shape index (κ3) is 5.67. The summed E-state index contributed by atoms with van der Waals surface area (Å²) >= 11 is 0. The van der Waals surface area contributed by atoms with Crippen LogP contribution in [0.1, 0.15) is 24.5 Å². The number of fused-ring (bicyclic) bond motifs is 1. The van der Waals surface area contributed by atoms with Gasteiger partial charge in [0.15, 0.2) is 0 Å². The first-order valence-corrected chi connectivity index (χ1v) is 9.98. The molecule has 3 aromatic rings. The Bertz CT molecular complexity index is 1030. The Labute approximate surface area is 175 Å². The van der Waals surface area contributed by atoms with Gasteiger partial charge in [0.05, 0.1) is 12.8 Å². The molecule has 0 unspecified atom stereocenters. The fourth-order valence-corrected chi connectivity index (χ4v) is 3.00. The molecule has 0 atom stereocenters. The van der Waals surface area contributed by atoms with Gasteiger partial charge in [-0.15, -0.1) is 0 Å². The Kier molecular flexibility index (Phi) is 7.55. The summed E-state index contributed by atoms with van der Waals surface area (Å²) in [5.41, 5.74) is 4.14. The van der Waals surface area contributed by atoms with Crippen LogP contribution in [0.5, 0.6) is 5.75 Å². The molecule has 154 valence electrons. The highest BCUT2D eigenvalue weighted by atomic mass is 16.5. The number of rotatable bonds is 8.